The Hall–Kier alpha value is -1.54. The summed E-state index contributed by atoms with van der Waals surface area (Å²) < 4.78 is 0. The van der Waals surface area contributed by atoms with Crippen molar-refractivity contribution in [1.29, 1.82) is 0 Å². The predicted molar refractivity (Wildman–Crippen MR) is 77.5 cm³/mol. The van der Waals surface area contributed by atoms with Gasteiger partial charge >= 0.3 is 5.69 Å². The number of nitrogens with two attached hydrogens (primary N) is 1. The summed E-state index contributed by atoms with van der Waals surface area (Å²) >= 11 is 1.91. The highest BCUT2D eigenvalue weighted by Gasteiger charge is 2.26. The van der Waals surface area contributed by atoms with Crippen LogP contribution in [0, 0.1) is 10.1 Å². The van der Waals surface area contributed by atoms with Crippen molar-refractivity contribution in [3.05, 3.63) is 22.2 Å². The molecule has 2 heterocycles. The molecule has 1 aromatic rings. The van der Waals surface area contributed by atoms with Crippen molar-refractivity contribution in [2.75, 3.05) is 29.2 Å². The van der Waals surface area contributed by atoms with Crippen LogP contribution in [0.15, 0.2) is 12.1 Å². The van der Waals surface area contributed by atoms with Crippen LogP contribution in [0.3, 0.4) is 0 Å². The Labute approximate surface area is 115 Å². The van der Waals surface area contributed by atoms with Crippen LogP contribution in [0.5, 0.6) is 0 Å². The van der Waals surface area contributed by atoms with Crippen molar-refractivity contribution in [2.45, 2.75) is 18.6 Å². The quantitative estimate of drug-likeness (QED) is 0.492. The zero-order valence-corrected chi connectivity index (χ0v) is 11.5. The molecular formula is C11H17N5O2S. The molecule has 1 unspecified atom stereocenters. The maximum absolute atomic E-state index is 11.1. The summed E-state index contributed by atoms with van der Waals surface area (Å²) in [4.78, 5) is 16.9. The molecule has 8 heteroatoms. The SMILES string of the molecule is CCC1CN(c2nc(NN)ccc2[N+](=O)[O-])CCS1. The molecule has 0 radical (unpaired) electrons. The first kappa shape index (κ1) is 13.9. The zero-order chi connectivity index (χ0) is 13.8. The average molecular weight is 283 g/mol. The fourth-order valence-electron chi connectivity index (χ4n) is 2.06. The molecule has 0 saturated carbocycles. The van der Waals surface area contributed by atoms with Crippen LogP contribution in [0.25, 0.3) is 0 Å². The van der Waals surface area contributed by atoms with Gasteiger partial charge in [-0.25, -0.2) is 10.8 Å². The van der Waals surface area contributed by atoms with Gasteiger partial charge in [-0.2, -0.15) is 11.8 Å². The van der Waals surface area contributed by atoms with Crippen molar-refractivity contribution in [2.24, 2.45) is 5.84 Å². The number of hydrogen-bond acceptors (Lipinski definition) is 7. The number of aromatic nitrogens is 1. The second-order valence-electron chi connectivity index (χ2n) is 4.29. The maximum Gasteiger partial charge on any atom is 0.311 e. The van der Waals surface area contributed by atoms with Gasteiger partial charge in [-0.05, 0) is 12.5 Å². The molecule has 19 heavy (non-hydrogen) atoms. The molecule has 1 saturated heterocycles. The highest BCUT2D eigenvalue weighted by Crippen LogP contribution is 2.31. The smallest absolute Gasteiger partial charge is 0.311 e. The Bertz CT molecular complexity index is 470. The molecule has 1 atom stereocenters. The molecule has 1 aliphatic rings. The minimum absolute atomic E-state index is 0.0285. The molecule has 2 rings (SSSR count). The second-order valence-corrected chi connectivity index (χ2v) is 5.70. The number of nitrogens with zero attached hydrogens (tertiary/aromatic N) is 3. The van der Waals surface area contributed by atoms with Gasteiger partial charge in [0.2, 0.25) is 5.82 Å². The first-order chi connectivity index (χ1) is 9.15. The van der Waals surface area contributed by atoms with Gasteiger partial charge in [0.1, 0.15) is 5.82 Å². The number of hydrogen-bond donors (Lipinski definition) is 2. The van der Waals surface area contributed by atoms with Gasteiger partial charge in [-0.1, -0.05) is 6.92 Å². The number of hydrazine groups is 1. The van der Waals surface area contributed by atoms with Gasteiger partial charge in [-0.3, -0.25) is 10.1 Å². The molecule has 0 aliphatic carbocycles. The van der Waals surface area contributed by atoms with Gasteiger partial charge < -0.3 is 10.3 Å². The first-order valence-corrected chi connectivity index (χ1v) is 7.19. The summed E-state index contributed by atoms with van der Waals surface area (Å²) in [5, 5.41) is 11.6. The molecule has 104 valence electrons. The van der Waals surface area contributed by atoms with E-state index in [0.717, 1.165) is 25.3 Å². The van der Waals surface area contributed by atoms with E-state index in [0.29, 0.717) is 16.9 Å². The normalized spacial score (nSPS) is 19.3. The van der Waals surface area contributed by atoms with Crippen molar-refractivity contribution >= 4 is 29.1 Å². The number of thioether (sulfide) groups is 1. The third kappa shape index (κ3) is 3.07. The van der Waals surface area contributed by atoms with E-state index in [4.69, 9.17) is 5.84 Å². The van der Waals surface area contributed by atoms with E-state index in [1.54, 1.807) is 0 Å². The summed E-state index contributed by atoms with van der Waals surface area (Å²) in [5.74, 6) is 7.12. The molecule has 0 bridgehead atoms. The average Bonchev–Trinajstić information content (AvgIpc) is 2.46. The summed E-state index contributed by atoms with van der Waals surface area (Å²) in [6.45, 7) is 3.67. The highest BCUT2D eigenvalue weighted by molar-refractivity contribution is 8.00. The van der Waals surface area contributed by atoms with Crippen LogP contribution < -0.4 is 16.2 Å². The number of nitrogen functional groups attached to an aromatic ring is 1. The summed E-state index contributed by atoms with van der Waals surface area (Å²) in [7, 11) is 0. The summed E-state index contributed by atoms with van der Waals surface area (Å²) in [5.41, 5.74) is 2.46. The largest absolute Gasteiger partial charge is 0.349 e. The van der Waals surface area contributed by atoms with E-state index in [-0.39, 0.29) is 5.69 Å². The van der Waals surface area contributed by atoms with Gasteiger partial charge in [0.05, 0.1) is 4.92 Å². The summed E-state index contributed by atoms with van der Waals surface area (Å²) in [6.07, 6.45) is 1.05. The van der Waals surface area contributed by atoms with Crippen molar-refractivity contribution < 1.29 is 4.92 Å². The van der Waals surface area contributed by atoms with Crippen LogP contribution in [0.2, 0.25) is 0 Å². The lowest BCUT2D eigenvalue weighted by Crippen LogP contribution is -2.38. The lowest BCUT2D eigenvalue weighted by molar-refractivity contribution is -0.384. The zero-order valence-electron chi connectivity index (χ0n) is 10.7. The van der Waals surface area contributed by atoms with E-state index < -0.39 is 4.92 Å². The summed E-state index contributed by atoms with van der Waals surface area (Å²) in [6, 6.07) is 2.96. The Balaban J connectivity index is 2.32. The molecule has 0 amide bonds. The first-order valence-electron chi connectivity index (χ1n) is 6.14. The van der Waals surface area contributed by atoms with Crippen LogP contribution in [0.4, 0.5) is 17.3 Å². The Morgan fingerprint density at radius 2 is 2.47 bits per heavy atom. The van der Waals surface area contributed by atoms with Gasteiger partial charge in [-0.15, -0.1) is 0 Å². The van der Waals surface area contributed by atoms with Crippen molar-refractivity contribution in [3.63, 3.8) is 0 Å². The van der Waals surface area contributed by atoms with Crippen LogP contribution in [-0.4, -0.2) is 34.0 Å². The molecule has 0 aromatic carbocycles. The minimum atomic E-state index is -0.397. The topological polar surface area (TPSA) is 97.3 Å². The molecule has 1 aliphatic heterocycles. The Kier molecular flexibility index (Phi) is 4.43. The van der Waals surface area contributed by atoms with Crippen LogP contribution >= 0.6 is 11.8 Å². The number of nitrogens with one attached hydrogen (secondary N) is 1. The lowest BCUT2D eigenvalue weighted by atomic mass is 10.2. The van der Waals surface area contributed by atoms with Crippen molar-refractivity contribution in [3.8, 4) is 0 Å². The molecule has 3 N–H and O–H groups in total. The van der Waals surface area contributed by atoms with Gasteiger partial charge in [0.15, 0.2) is 0 Å². The molecule has 1 fully saturated rings. The molecule has 7 nitrogen and oxygen atoms in total. The van der Waals surface area contributed by atoms with E-state index in [1.165, 1.54) is 12.1 Å². The lowest BCUT2D eigenvalue weighted by Gasteiger charge is -2.32. The Morgan fingerprint density at radius 1 is 1.68 bits per heavy atom. The second kappa shape index (κ2) is 6.07. The standard InChI is InChI=1S/C11H17N5O2S/c1-2-8-7-15(5-6-19-8)11-9(16(17)18)3-4-10(13-11)14-12/h3-4,8H,2,5-7,12H2,1H3,(H,13,14). The van der Waals surface area contributed by atoms with E-state index in [9.17, 15) is 10.1 Å². The maximum atomic E-state index is 11.1. The fraction of sp³-hybridized carbons (Fsp3) is 0.545. The molecule has 1 aromatic heterocycles. The van der Waals surface area contributed by atoms with Gasteiger partial charge in [0.25, 0.3) is 0 Å². The number of rotatable bonds is 4. The third-order valence-corrected chi connectivity index (χ3v) is 4.46. The molecular weight excluding hydrogens is 266 g/mol. The van der Waals surface area contributed by atoms with Gasteiger partial charge in [0, 0.05) is 30.2 Å². The van der Waals surface area contributed by atoms with E-state index >= 15 is 0 Å². The van der Waals surface area contributed by atoms with Crippen molar-refractivity contribution in [1.82, 2.24) is 4.98 Å². The predicted octanol–water partition coefficient (Wildman–Crippen LogP) is 1.61. The highest BCUT2D eigenvalue weighted by atomic mass is 32.2. The number of pyridine rings is 1. The minimum Gasteiger partial charge on any atom is -0.349 e. The van der Waals surface area contributed by atoms with Crippen LogP contribution in [-0.2, 0) is 0 Å². The monoisotopic (exact) mass is 283 g/mol. The van der Waals surface area contributed by atoms with E-state index in [2.05, 4.69) is 17.3 Å². The van der Waals surface area contributed by atoms with E-state index in [1.807, 2.05) is 16.7 Å². The molecule has 0 spiro atoms. The number of nitro groups is 1. The number of anilines is 2. The fourth-order valence-corrected chi connectivity index (χ4v) is 3.24. The third-order valence-electron chi connectivity index (χ3n) is 3.09. The Morgan fingerprint density at radius 3 is 3.11 bits per heavy atom. The van der Waals surface area contributed by atoms with Crippen LogP contribution in [0.1, 0.15) is 13.3 Å².